The Morgan fingerprint density at radius 2 is 2.30 bits per heavy atom. The van der Waals surface area contributed by atoms with Gasteiger partial charge in [0.25, 0.3) is 5.91 Å². The van der Waals surface area contributed by atoms with Gasteiger partial charge >= 0.3 is 0 Å². The number of halogens is 1. The summed E-state index contributed by atoms with van der Waals surface area (Å²) in [6, 6.07) is 4.89. The SMILES string of the molecule is NNc1cc(C(=O)NCCCn2cccn2)cc(Cl)n1. The Morgan fingerprint density at radius 3 is 3.00 bits per heavy atom. The van der Waals surface area contributed by atoms with Gasteiger partial charge in [-0.1, -0.05) is 11.6 Å². The largest absolute Gasteiger partial charge is 0.352 e. The number of carbonyl (C=O) groups excluding carboxylic acids is 1. The minimum atomic E-state index is -0.216. The molecular weight excluding hydrogens is 280 g/mol. The average Bonchev–Trinajstić information content (AvgIpc) is 2.95. The van der Waals surface area contributed by atoms with Crippen LogP contribution in [0.5, 0.6) is 0 Å². The fraction of sp³-hybridized carbons (Fsp3) is 0.250. The summed E-state index contributed by atoms with van der Waals surface area (Å²) in [5, 5.41) is 7.10. The molecule has 0 spiro atoms. The molecule has 1 amide bonds. The van der Waals surface area contributed by atoms with E-state index in [1.54, 1.807) is 6.20 Å². The van der Waals surface area contributed by atoms with Crippen molar-refractivity contribution in [1.82, 2.24) is 20.1 Å². The first kappa shape index (κ1) is 14.3. The molecule has 0 bridgehead atoms. The van der Waals surface area contributed by atoms with Crippen LogP contribution in [0.1, 0.15) is 16.8 Å². The van der Waals surface area contributed by atoms with Crippen molar-refractivity contribution in [2.75, 3.05) is 12.0 Å². The molecule has 0 aliphatic heterocycles. The lowest BCUT2D eigenvalue weighted by Gasteiger charge is -2.07. The quantitative estimate of drug-likeness (QED) is 0.320. The fourth-order valence-corrected chi connectivity index (χ4v) is 1.89. The molecule has 2 aromatic rings. The lowest BCUT2D eigenvalue weighted by Crippen LogP contribution is -2.25. The minimum absolute atomic E-state index is 0.210. The van der Waals surface area contributed by atoms with Crippen LogP contribution >= 0.6 is 11.6 Å². The number of amides is 1. The molecule has 0 aliphatic carbocycles. The summed E-state index contributed by atoms with van der Waals surface area (Å²) >= 11 is 5.80. The number of pyridine rings is 1. The van der Waals surface area contributed by atoms with Gasteiger partial charge in [-0.15, -0.1) is 0 Å². The van der Waals surface area contributed by atoms with Gasteiger partial charge in [-0.3, -0.25) is 9.48 Å². The van der Waals surface area contributed by atoms with Crippen LogP contribution in [0.3, 0.4) is 0 Å². The van der Waals surface area contributed by atoms with E-state index in [1.807, 2.05) is 16.9 Å². The van der Waals surface area contributed by atoms with Crippen molar-refractivity contribution < 1.29 is 4.79 Å². The number of carbonyl (C=O) groups is 1. The van der Waals surface area contributed by atoms with Gasteiger partial charge in [0.1, 0.15) is 11.0 Å². The molecule has 4 N–H and O–H groups in total. The maximum atomic E-state index is 11.9. The highest BCUT2D eigenvalue weighted by Gasteiger charge is 2.08. The number of rotatable bonds is 6. The molecule has 0 aromatic carbocycles. The topological polar surface area (TPSA) is 97.9 Å². The van der Waals surface area contributed by atoms with Crippen LogP contribution in [0.2, 0.25) is 5.15 Å². The number of anilines is 1. The molecule has 0 radical (unpaired) electrons. The highest BCUT2D eigenvalue weighted by Crippen LogP contribution is 2.13. The van der Waals surface area contributed by atoms with E-state index in [2.05, 4.69) is 20.8 Å². The van der Waals surface area contributed by atoms with E-state index in [0.29, 0.717) is 17.9 Å². The lowest BCUT2D eigenvalue weighted by molar-refractivity contribution is 0.0952. The second-order valence-electron chi connectivity index (χ2n) is 4.09. The van der Waals surface area contributed by atoms with Crippen molar-refractivity contribution in [2.24, 2.45) is 5.84 Å². The van der Waals surface area contributed by atoms with Crippen molar-refractivity contribution in [3.05, 3.63) is 41.3 Å². The molecule has 8 heteroatoms. The third-order valence-corrected chi connectivity index (χ3v) is 2.81. The smallest absolute Gasteiger partial charge is 0.251 e. The van der Waals surface area contributed by atoms with E-state index < -0.39 is 0 Å². The Bertz CT molecular complexity index is 571. The summed E-state index contributed by atoms with van der Waals surface area (Å²) in [5.74, 6) is 5.38. The number of aryl methyl sites for hydroxylation is 1. The highest BCUT2D eigenvalue weighted by molar-refractivity contribution is 6.29. The third-order valence-electron chi connectivity index (χ3n) is 2.61. The predicted molar refractivity (Wildman–Crippen MR) is 76.2 cm³/mol. The first-order valence-electron chi connectivity index (χ1n) is 6.09. The number of hydrogen-bond acceptors (Lipinski definition) is 5. The van der Waals surface area contributed by atoms with Gasteiger partial charge in [-0.2, -0.15) is 5.10 Å². The number of hydrogen-bond donors (Lipinski definition) is 3. The monoisotopic (exact) mass is 294 g/mol. The van der Waals surface area contributed by atoms with Crippen molar-refractivity contribution in [3.63, 3.8) is 0 Å². The Balaban J connectivity index is 1.83. The number of nitrogens with two attached hydrogens (primary N) is 1. The molecule has 0 saturated carbocycles. The van der Waals surface area contributed by atoms with Gasteiger partial charge in [-0.25, -0.2) is 10.8 Å². The van der Waals surface area contributed by atoms with Crippen LogP contribution in [-0.4, -0.2) is 27.2 Å². The van der Waals surface area contributed by atoms with Crippen LogP contribution in [0.25, 0.3) is 0 Å². The van der Waals surface area contributed by atoms with Crippen molar-refractivity contribution in [2.45, 2.75) is 13.0 Å². The van der Waals surface area contributed by atoms with Gasteiger partial charge in [-0.05, 0) is 24.6 Å². The van der Waals surface area contributed by atoms with Crippen LogP contribution in [0.15, 0.2) is 30.6 Å². The molecule has 106 valence electrons. The van der Waals surface area contributed by atoms with Crippen molar-refractivity contribution in [1.29, 1.82) is 0 Å². The number of hydrazine groups is 1. The first-order chi connectivity index (χ1) is 9.69. The summed E-state index contributed by atoms with van der Waals surface area (Å²) < 4.78 is 1.81. The number of nitrogens with zero attached hydrogens (tertiary/aromatic N) is 3. The molecule has 20 heavy (non-hydrogen) atoms. The third kappa shape index (κ3) is 3.94. The zero-order valence-corrected chi connectivity index (χ0v) is 11.5. The Labute approximate surface area is 121 Å². The summed E-state index contributed by atoms with van der Waals surface area (Å²) in [6.07, 6.45) is 4.39. The van der Waals surface area contributed by atoms with Crippen LogP contribution in [0, 0.1) is 0 Å². The average molecular weight is 295 g/mol. The normalized spacial score (nSPS) is 10.3. The highest BCUT2D eigenvalue weighted by atomic mass is 35.5. The van der Waals surface area contributed by atoms with Crippen molar-refractivity contribution >= 4 is 23.3 Å². The van der Waals surface area contributed by atoms with Gasteiger partial charge in [0.2, 0.25) is 0 Å². The first-order valence-corrected chi connectivity index (χ1v) is 6.46. The Kier molecular flexibility index (Phi) is 4.91. The van der Waals surface area contributed by atoms with E-state index >= 15 is 0 Å². The molecule has 0 saturated heterocycles. The molecule has 0 fully saturated rings. The molecule has 2 heterocycles. The van der Waals surface area contributed by atoms with Gasteiger partial charge in [0.15, 0.2) is 0 Å². The minimum Gasteiger partial charge on any atom is -0.352 e. The second-order valence-corrected chi connectivity index (χ2v) is 4.47. The molecule has 0 unspecified atom stereocenters. The molecule has 7 nitrogen and oxygen atoms in total. The summed E-state index contributed by atoms with van der Waals surface area (Å²) in [4.78, 5) is 15.8. The lowest BCUT2D eigenvalue weighted by atomic mass is 10.2. The van der Waals surface area contributed by atoms with E-state index in [0.717, 1.165) is 13.0 Å². The number of nitrogen functional groups attached to an aromatic ring is 1. The predicted octanol–water partition coefficient (Wildman–Crippen LogP) is 1.04. The Morgan fingerprint density at radius 1 is 1.45 bits per heavy atom. The summed E-state index contributed by atoms with van der Waals surface area (Å²) in [5.41, 5.74) is 2.78. The van der Waals surface area contributed by atoms with E-state index in [4.69, 9.17) is 17.4 Å². The zero-order chi connectivity index (χ0) is 14.4. The van der Waals surface area contributed by atoms with Gasteiger partial charge in [0, 0.05) is 31.0 Å². The van der Waals surface area contributed by atoms with Crippen LogP contribution < -0.4 is 16.6 Å². The van der Waals surface area contributed by atoms with E-state index in [-0.39, 0.29) is 11.1 Å². The fourth-order valence-electron chi connectivity index (χ4n) is 1.68. The maximum Gasteiger partial charge on any atom is 0.251 e. The van der Waals surface area contributed by atoms with E-state index in [9.17, 15) is 4.79 Å². The molecular formula is C12H15ClN6O. The van der Waals surface area contributed by atoms with Crippen LogP contribution in [0.4, 0.5) is 5.82 Å². The second kappa shape index (κ2) is 6.88. The molecule has 0 atom stereocenters. The summed E-state index contributed by atoms with van der Waals surface area (Å²) in [6.45, 7) is 1.30. The van der Waals surface area contributed by atoms with Gasteiger partial charge < -0.3 is 10.7 Å². The number of nitrogens with one attached hydrogen (secondary N) is 2. The Hall–Kier alpha value is -2.12. The molecule has 2 aromatic heterocycles. The van der Waals surface area contributed by atoms with Crippen molar-refractivity contribution in [3.8, 4) is 0 Å². The molecule has 0 aliphatic rings. The summed E-state index contributed by atoms with van der Waals surface area (Å²) in [7, 11) is 0. The maximum absolute atomic E-state index is 11.9. The van der Waals surface area contributed by atoms with E-state index in [1.165, 1.54) is 12.1 Å². The zero-order valence-electron chi connectivity index (χ0n) is 10.7. The molecule has 2 rings (SSSR count). The van der Waals surface area contributed by atoms with Crippen LogP contribution in [-0.2, 0) is 6.54 Å². The standard InChI is InChI=1S/C12H15ClN6O/c13-10-7-9(8-11(17-10)18-14)12(20)15-3-1-5-19-6-2-4-16-19/h2,4,6-8H,1,3,5,14H2,(H,15,20)(H,17,18). The number of aromatic nitrogens is 3. The van der Waals surface area contributed by atoms with Gasteiger partial charge in [0.05, 0.1) is 0 Å².